The third-order valence-electron chi connectivity index (χ3n) is 6.19. The Bertz CT molecular complexity index is 323. The number of aliphatic hydroxyl groups excluding tert-OH is 1. The van der Waals surface area contributed by atoms with Crippen molar-refractivity contribution >= 4 is 0 Å². The Morgan fingerprint density at radius 1 is 0.840 bits per heavy atom. The molecular weight excluding hydrogens is 308 g/mol. The minimum Gasteiger partial charge on any atom is -0.395 e. The molecule has 0 aromatic heterocycles. The lowest BCUT2D eigenvalue weighted by Gasteiger charge is -2.51. The highest BCUT2D eigenvalue weighted by Gasteiger charge is 2.38. The average Bonchev–Trinajstić information content (AvgIpc) is 2.63. The van der Waals surface area contributed by atoms with Crippen LogP contribution in [0.3, 0.4) is 0 Å². The van der Waals surface area contributed by atoms with Crippen molar-refractivity contribution < 1.29 is 5.11 Å². The highest BCUT2D eigenvalue weighted by atomic mass is 16.3. The van der Waals surface area contributed by atoms with Crippen molar-refractivity contribution in [2.45, 2.75) is 110 Å². The monoisotopic (exact) mass is 354 g/mol. The molecule has 0 aromatic rings. The molecule has 3 nitrogen and oxygen atoms in total. The van der Waals surface area contributed by atoms with Gasteiger partial charge in [0.25, 0.3) is 0 Å². The molecule has 0 amide bonds. The van der Waals surface area contributed by atoms with E-state index in [1.165, 1.54) is 83.7 Å². The number of unbranched alkanes of at least 4 members (excludes halogenated alkanes) is 6. The van der Waals surface area contributed by atoms with Crippen LogP contribution in [-0.4, -0.2) is 59.3 Å². The Morgan fingerprint density at radius 2 is 1.48 bits per heavy atom. The molecule has 0 bridgehead atoms. The number of piperazine rings is 1. The van der Waals surface area contributed by atoms with E-state index in [0.717, 1.165) is 13.1 Å². The van der Waals surface area contributed by atoms with Crippen LogP contribution >= 0.6 is 0 Å². The lowest BCUT2D eigenvalue weighted by Crippen LogP contribution is -2.62. The van der Waals surface area contributed by atoms with Crippen LogP contribution in [-0.2, 0) is 0 Å². The quantitative estimate of drug-likeness (QED) is 0.441. The van der Waals surface area contributed by atoms with E-state index in [-0.39, 0.29) is 5.54 Å². The number of hydrogen-bond donors (Lipinski definition) is 1. The fraction of sp³-hybridized carbons (Fsp3) is 1.00. The van der Waals surface area contributed by atoms with Gasteiger partial charge in [-0.3, -0.25) is 4.90 Å². The first-order chi connectivity index (χ1) is 12.1. The number of hydrogen-bond acceptors (Lipinski definition) is 3. The summed E-state index contributed by atoms with van der Waals surface area (Å²) in [5.41, 5.74) is 0.271. The summed E-state index contributed by atoms with van der Waals surface area (Å²) in [4.78, 5) is 5.28. The van der Waals surface area contributed by atoms with Gasteiger partial charge in [0.1, 0.15) is 0 Å². The number of nitrogens with zero attached hydrogens (tertiary/aromatic N) is 2. The van der Waals surface area contributed by atoms with Crippen molar-refractivity contribution in [3.63, 3.8) is 0 Å². The van der Waals surface area contributed by atoms with Crippen molar-refractivity contribution in [3.8, 4) is 0 Å². The fourth-order valence-corrected chi connectivity index (χ4v) is 4.48. The van der Waals surface area contributed by atoms with Gasteiger partial charge in [0.15, 0.2) is 0 Å². The predicted octanol–water partition coefficient (Wildman–Crippen LogP) is 5.07. The lowest BCUT2D eigenvalue weighted by molar-refractivity contribution is -0.0373. The second-order valence-electron chi connectivity index (χ2n) is 8.45. The molecule has 0 aromatic carbocycles. The van der Waals surface area contributed by atoms with Crippen LogP contribution in [0.2, 0.25) is 0 Å². The van der Waals surface area contributed by atoms with Gasteiger partial charge in [-0.2, -0.15) is 0 Å². The largest absolute Gasteiger partial charge is 0.395 e. The van der Waals surface area contributed by atoms with Crippen LogP contribution in [0.1, 0.15) is 98.3 Å². The van der Waals surface area contributed by atoms with E-state index < -0.39 is 0 Å². The molecule has 3 heteroatoms. The molecule has 0 radical (unpaired) electrons. The van der Waals surface area contributed by atoms with Crippen LogP contribution in [0.4, 0.5) is 0 Å². The smallest absolute Gasteiger partial charge is 0.0599 e. The third kappa shape index (κ3) is 7.97. The lowest BCUT2D eigenvalue weighted by atomic mass is 9.85. The molecule has 1 heterocycles. The summed E-state index contributed by atoms with van der Waals surface area (Å²) in [6.07, 6.45) is 14.4. The molecular formula is C22H46N2O. The molecule has 1 rings (SSSR count). The summed E-state index contributed by atoms with van der Waals surface area (Å²) in [6.45, 7) is 14.2. The van der Waals surface area contributed by atoms with E-state index in [4.69, 9.17) is 0 Å². The van der Waals surface area contributed by atoms with Gasteiger partial charge >= 0.3 is 0 Å². The van der Waals surface area contributed by atoms with Gasteiger partial charge in [-0.15, -0.1) is 0 Å². The highest BCUT2D eigenvalue weighted by molar-refractivity contribution is 4.94. The van der Waals surface area contributed by atoms with E-state index in [2.05, 4.69) is 37.5 Å². The summed E-state index contributed by atoms with van der Waals surface area (Å²) in [5, 5.41) is 10.1. The normalized spacial score (nSPS) is 22.2. The van der Waals surface area contributed by atoms with E-state index in [0.29, 0.717) is 12.6 Å². The first-order valence-corrected chi connectivity index (χ1v) is 11.2. The van der Waals surface area contributed by atoms with Gasteiger partial charge in [-0.05, 0) is 32.7 Å². The molecule has 1 aliphatic heterocycles. The predicted molar refractivity (Wildman–Crippen MR) is 110 cm³/mol. The SMILES string of the molecule is CCCCCCN1CCN(C(C)(CCCC)CCCCC)C(CO)C1. The van der Waals surface area contributed by atoms with E-state index in [9.17, 15) is 5.11 Å². The maximum Gasteiger partial charge on any atom is 0.0599 e. The zero-order chi connectivity index (χ0) is 18.5. The second-order valence-corrected chi connectivity index (χ2v) is 8.45. The number of aliphatic hydroxyl groups is 1. The van der Waals surface area contributed by atoms with Crippen LogP contribution in [0.5, 0.6) is 0 Å². The van der Waals surface area contributed by atoms with Crippen molar-refractivity contribution in [3.05, 3.63) is 0 Å². The molecule has 2 unspecified atom stereocenters. The average molecular weight is 355 g/mol. The molecule has 0 aliphatic carbocycles. The summed E-state index contributed by atoms with van der Waals surface area (Å²) in [6, 6.07) is 0.323. The van der Waals surface area contributed by atoms with Crippen LogP contribution < -0.4 is 0 Å². The standard InChI is InChI=1S/C22H46N2O/c1-5-8-11-13-16-23-17-18-24(21(19-23)20-25)22(4,14-10-7-3)15-12-9-6-2/h21,25H,5-20H2,1-4H3. The first kappa shape index (κ1) is 22.9. The molecule has 1 saturated heterocycles. The molecule has 25 heavy (non-hydrogen) atoms. The Morgan fingerprint density at radius 3 is 2.12 bits per heavy atom. The summed E-state index contributed by atoms with van der Waals surface area (Å²) < 4.78 is 0. The van der Waals surface area contributed by atoms with Gasteiger partial charge < -0.3 is 10.0 Å². The van der Waals surface area contributed by atoms with Gasteiger partial charge in [0.05, 0.1) is 6.61 Å². The maximum absolute atomic E-state index is 10.1. The van der Waals surface area contributed by atoms with Gasteiger partial charge in [0.2, 0.25) is 0 Å². The minimum absolute atomic E-state index is 0.271. The zero-order valence-corrected chi connectivity index (χ0v) is 17.7. The van der Waals surface area contributed by atoms with Crippen LogP contribution in [0, 0.1) is 0 Å². The van der Waals surface area contributed by atoms with Crippen molar-refractivity contribution in [2.24, 2.45) is 0 Å². The third-order valence-corrected chi connectivity index (χ3v) is 6.19. The van der Waals surface area contributed by atoms with Crippen LogP contribution in [0.25, 0.3) is 0 Å². The number of rotatable bonds is 14. The molecule has 150 valence electrons. The molecule has 1 N–H and O–H groups in total. The summed E-state index contributed by atoms with van der Waals surface area (Å²) in [7, 11) is 0. The van der Waals surface area contributed by atoms with Crippen molar-refractivity contribution in [1.82, 2.24) is 9.80 Å². The minimum atomic E-state index is 0.271. The maximum atomic E-state index is 10.1. The van der Waals surface area contributed by atoms with Crippen molar-refractivity contribution in [1.29, 1.82) is 0 Å². The fourth-order valence-electron chi connectivity index (χ4n) is 4.48. The Labute approximate surface area is 158 Å². The second kappa shape index (κ2) is 13.1. The van der Waals surface area contributed by atoms with E-state index in [1.54, 1.807) is 0 Å². The van der Waals surface area contributed by atoms with Gasteiger partial charge in [-0.1, -0.05) is 72.1 Å². The molecule has 2 atom stereocenters. The summed E-state index contributed by atoms with van der Waals surface area (Å²) >= 11 is 0. The molecule has 1 aliphatic rings. The Balaban J connectivity index is 2.62. The van der Waals surface area contributed by atoms with E-state index in [1.807, 2.05) is 0 Å². The molecule has 0 spiro atoms. The zero-order valence-electron chi connectivity index (χ0n) is 17.7. The molecule has 1 fully saturated rings. The van der Waals surface area contributed by atoms with Crippen molar-refractivity contribution in [2.75, 3.05) is 32.8 Å². The topological polar surface area (TPSA) is 26.7 Å². The highest BCUT2D eigenvalue weighted by Crippen LogP contribution is 2.32. The Hall–Kier alpha value is -0.120. The molecule has 0 saturated carbocycles. The van der Waals surface area contributed by atoms with E-state index >= 15 is 0 Å². The van der Waals surface area contributed by atoms with Gasteiger partial charge in [0, 0.05) is 31.2 Å². The van der Waals surface area contributed by atoms with Gasteiger partial charge in [-0.25, -0.2) is 0 Å². The Kier molecular flexibility index (Phi) is 12.0. The summed E-state index contributed by atoms with van der Waals surface area (Å²) in [5.74, 6) is 0. The van der Waals surface area contributed by atoms with Crippen LogP contribution in [0.15, 0.2) is 0 Å². The first-order valence-electron chi connectivity index (χ1n) is 11.2.